The van der Waals surface area contributed by atoms with E-state index < -0.39 is 10.1 Å². The van der Waals surface area contributed by atoms with Gasteiger partial charge in [0.2, 0.25) is 5.52 Å². The number of hydrogen-bond acceptors (Lipinski definition) is 4. The third-order valence-corrected chi connectivity index (χ3v) is 4.29. The number of aliphatic hydroxyl groups is 1. The van der Waals surface area contributed by atoms with Crippen LogP contribution in [0.15, 0.2) is 71.8 Å². The van der Waals surface area contributed by atoms with Gasteiger partial charge in [-0.05, 0) is 31.2 Å². The minimum absolute atomic E-state index is 0.178. The molecule has 2 aromatic carbocycles. The topological polar surface area (TPSA) is 81.3 Å². The number of rotatable bonds is 3. The monoisotopic (exact) mass is 345 g/mol. The maximum Gasteiger partial charge on any atom is 0.212 e. The van der Waals surface area contributed by atoms with Gasteiger partial charge in [-0.1, -0.05) is 29.8 Å². The van der Waals surface area contributed by atoms with Gasteiger partial charge in [0.1, 0.15) is 16.7 Å². The molecule has 6 heteroatoms. The van der Waals surface area contributed by atoms with E-state index in [0.717, 1.165) is 5.56 Å². The molecule has 24 heavy (non-hydrogen) atoms. The lowest BCUT2D eigenvalue weighted by Crippen LogP contribution is -2.35. The summed E-state index contributed by atoms with van der Waals surface area (Å²) in [5.74, 6) is 0. The fourth-order valence-corrected chi connectivity index (χ4v) is 2.70. The lowest BCUT2D eigenvalue weighted by atomic mass is 10.2. The summed E-state index contributed by atoms with van der Waals surface area (Å²) >= 11 is 0. The molecular weight excluding hydrogens is 326 g/mol. The number of pyridine rings is 1. The predicted molar refractivity (Wildman–Crippen MR) is 90.4 cm³/mol. The van der Waals surface area contributed by atoms with Gasteiger partial charge < -0.3 is 9.66 Å². The van der Waals surface area contributed by atoms with Crippen LogP contribution in [0.25, 0.3) is 10.9 Å². The molecule has 0 radical (unpaired) electrons. The van der Waals surface area contributed by atoms with Crippen LogP contribution in [0.2, 0.25) is 0 Å². The van der Waals surface area contributed by atoms with Gasteiger partial charge in [0, 0.05) is 17.5 Å². The molecule has 0 aliphatic heterocycles. The van der Waals surface area contributed by atoms with Crippen molar-refractivity contribution in [2.45, 2.75) is 18.4 Å². The van der Waals surface area contributed by atoms with E-state index in [9.17, 15) is 13.0 Å². The first-order valence-corrected chi connectivity index (χ1v) is 8.83. The maximum atomic E-state index is 10.4. The Bertz CT molecular complexity index is 900. The Hall–Kier alpha value is -2.28. The van der Waals surface area contributed by atoms with Crippen LogP contribution in [0.5, 0.6) is 0 Å². The Labute approximate surface area is 141 Å². The molecule has 5 nitrogen and oxygen atoms in total. The normalized spacial score (nSPS) is 11.0. The highest BCUT2D eigenvalue weighted by Gasteiger charge is 2.04. The van der Waals surface area contributed by atoms with E-state index >= 15 is 0 Å². The van der Waals surface area contributed by atoms with Crippen LogP contribution in [0.3, 0.4) is 0 Å². The first-order chi connectivity index (χ1) is 11.4. The van der Waals surface area contributed by atoms with E-state index in [4.69, 9.17) is 5.11 Å². The average molecular weight is 345 g/mol. The van der Waals surface area contributed by atoms with Crippen LogP contribution < -0.4 is 4.57 Å². The Kier molecular flexibility index (Phi) is 6.03. The van der Waals surface area contributed by atoms with Crippen LogP contribution in [0, 0.1) is 6.92 Å². The van der Waals surface area contributed by atoms with Crippen molar-refractivity contribution >= 4 is 21.0 Å². The van der Waals surface area contributed by atoms with Crippen LogP contribution >= 0.6 is 0 Å². The first-order valence-electron chi connectivity index (χ1n) is 7.42. The van der Waals surface area contributed by atoms with Crippen molar-refractivity contribution in [1.29, 1.82) is 0 Å². The molecule has 1 aromatic heterocycles. The van der Waals surface area contributed by atoms with Gasteiger partial charge in [-0.15, -0.1) is 0 Å². The zero-order valence-corrected chi connectivity index (χ0v) is 14.1. The lowest BCUT2D eigenvalue weighted by molar-refractivity contribution is -0.672. The van der Waals surface area contributed by atoms with Crippen molar-refractivity contribution in [1.82, 2.24) is 0 Å². The molecule has 0 saturated carbocycles. The zero-order chi connectivity index (χ0) is 17.6. The molecule has 0 atom stereocenters. The van der Waals surface area contributed by atoms with Gasteiger partial charge in [0.05, 0.1) is 4.90 Å². The Morgan fingerprint density at radius 3 is 2.25 bits per heavy atom. The SMILES string of the molecule is Cc1ccc(S(=O)(=O)[O-])cc1.OCC[n+]1cccc2ccccc21. The standard InChI is InChI=1S/C11H12NO.C7H8O3S/c13-9-8-12-7-3-5-10-4-1-2-6-11(10)12;1-6-2-4-7(5-3-6)11(8,9)10/h1-7,13H,8-9H2;2-5H,1H3,(H,8,9,10)/q+1;/p-1. The van der Waals surface area contributed by atoms with Gasteiger partial charge >= 0.3 is 0 Å². The summed E-state index contributed by atoms with van der Waals surface area (Å²) in [5.41, 5.74) is 2.09. The Morgan fingerprint density at radius 2 is 1.62 bits per heavy atom. The smallest absolute Gasteiger partial charge is 0.212 e. The summed E-state index contributed by atoms with van der Waals surface area (Å²) in [7, 11) is -4.27. The number of benzene rings is 2. The van der Waals surface area contributed by atoms with Crippen LogP contribution in [0.4, 0.5) is 0 Å². The van der Waals surface area contributed by atoms with Crippen LogP contribution in [-0.2, 0) is 16.7 Å². The average Bonchev–Trinajstić information content (AvgIpc) is 2.56. The van der Waals surface area contributed by atoms with E-state index in [2.05, 4.69) is 22.8 Å². The summed E-state index contributed by atoms with van der Waals surface area (Å²) in [6, 6.07) is 18.0. The molecule has 0 unspecified atom stereocenters. The summed E-state index contributed by atoms with van der Waals surface area (Å²) < 4.78 is 33.2. The number of aliphatic hydroxyl groups excluding tert-OH is 1. The fraction of sp³-hybridized carbons (Fsp3) is 0.167. The van der Waals surface area contributed by atoms with E-state index in [1.165, 1.54) is 23.0 Å². The molecule has 3 rings (SSSR count). The van der Waals surface area contributed by atoms with Crippen molar-refractivity contribution in [3.05, 3.63) is 72.4 Å². The molecule has 0 aliphatic carbocycles. The number of hydrogen-bond donors (Lipinski definition) is 1. The maximum absolute atomic E-state index is 10.4. The van der Waals surface area contributed by atoms with Crippen molar-refractivity contribution in [2.24, 2.45) is 0 Å². The Morgan fingerprint density at radius 1 is 1.00 bits per heavy atom. The van der Waals surface area contributed by atoms with E-state index in [-0.39, 0.29) is 11.5 Å². The zero-order valence-electron chi connectivity index (χ0n) is 13.3. The van der Waals surface area contributed by atoms with Crippen molar-refractivity contribution in [3.63, 3.8) is 0 Å². The van der Waals surface area contributed by atoms with Crippen molar-refractivity contribution in [3.8, 4) is 0 Å². The van der Waals surface area contributed by atoms with Crippen LogP contribution in [0.1, 0.15) is 5.56 Å². The van der Waals surface area contributed by atoms with Gasteiger partial charge in [-0.3, -0.25) is 0 Å². The molecular formula is C18H19NO4S. The molecule has 0 saturated heterocycles. The van der Waals surface area contributed by atoms with Crippen molar-refractivity contribution < 1.29 is 22.6 Å². The van der Waals surface area contributed by atoms with E-state index in [1.807, 2.05) is 31.3 Å². The molecule has 126 valence electrons. The van der Waals surface area contributed by atoms with E-state index in [0.29, 0.717) is 6.54 Å². The van der Waals surface area contributed by atoms with Gasteiger partial charge in [0.25, 0.3) is 0 Å². The fourth-order valence-electron chi connectivity index (χ4n) is 2.23. The summed E-state index contributed by atoms with van der Waals surface area (Å²) in [5, 5.41) is 10.1. The largest absolute Gasteiger partial charge is 0.744 e. The third kappa shape index (κ3) is 4.86. The first kappa shape index (κ1) is 18.1. The number of fused-ring (bicyclic) bond motifs is 1. The summed E-state index contributed by atoms with van der Waals surface area (Å²) in [6.45, 7) is 2.65. The molecule has 1 heterocycles. The third-order valence-electron chi connectivity index (χ3n) is 3.44. The van der Waals surface area contributed by atoms with Gasteiger partial charge in [-0.25, -0.2) is 8.42 Å². The molecule has 0 fully saturated rings. The summed E-state index contributed by atoms with van der Waals surface area (Å²) in [6.07, 6.45) is 1.98. The minimum atomic E-state index is -4.27. The molecule has 3 aromatic rings. The Balaban J connectivity index is 0.000000177. The second-order valence-corrected chi connectivity index (χ2v) is 6.63. The summed E-state index contributed by atoms with van der Waals surface area (Å²) in [4.78, 5) is -0.178. The second kappa shape index (κ2) is 8.01. The van der Waals surface area contributed by atoms with Crippen LogP contribution in [-0.4, -0.2) is 24.7 Å². The van der Waals surface area contributed by atoms with Crippen molar-refractivity contribution in [2.75, 3.05) is 6.61 Å². The second-order valence-electron chi connectivity index (χ2n) is 5.25. The highest BCUT2D eigenvalue weighted by atomic mass is 32.2. The van der Waals surface area contributed by atoms with Gasteiger partial charge in [0.15, 0.2) is 12.7 Å². The highest BCUT2D eigenvalue weighted by molar-refractivity contribution is 7.85. The van der Waals surface area contributed by atoms with E-state index in [1.54, 1.807) is 12.1 Å². The quantitative estimate of drug-likeness (QED) is 0.582. The number of aryl methyl sites for hydroxylation is 1. The number of nitrogens with zero attached hydrogens (tertiary/aromatic N) is 1. The molecule has 0 spiro atoms. The molecule has 0 bridgehead atoms. The molecule has 0 aliphatic rings. The van der Waals surface area contributed by atoms with Gasteiger partial charge in [-0.2, -0.15) is 4.57 Å². The predicted octanol–water partition coefficient (Wildman–Crippen LogP) is 2.02. The minimum Gasteiger partial charge on any atom is -0.744 e. The highest BCUT2D eigenvalue weighted by Crippen LogP contribution is 2.08. The molecule has 1 N–H and O–H groups in total. The number of para-hydroxylation sites is 1. The lowest BCUT2D eigenvalue weighted by Gasteiger charge is -2.05. The number of aromatic nitrogens is 1. The molecule has 0 amide bonds.